The van der Waals surface area contributed by atoms with Crippen molar-refractivity contribution in [2.75, 3.05) is 6.54 Å². The highest BCUT2D eigenvalue weighted by molar-refractivity contribution is 5.85. The highest BCUT2D eigenvalue weighted by atomic mass is 35.5. The van der Waals surface area contributed by atoms with Gasteiger partial charge in [0.25, 0.3) is 0 Å². The van der Waals surface area contributed by atoms with Gasteiger partial charge in [-0.05, 0) is 44.4 Å². The fourth-order valence-corrected chi connectivity index (χ4v) is 3.88. The van der Waals surface area contributed by atoms with Crippen molar-refractivity contribution in [3.05, 3.63) is 11.7 Å². The number of hydrogen-bond donors (Lipinski definition) is 2. The first-order valence-corrected chi connectivity index (χ1v) is 7.96. The lowest BCUT2D eigenvalue weighted by molar-refractivity contribution is -0.127. The van der Waals surface area contributed by atoms with Crippen LogP contribution in [0.25, 0.3) is 0 Å². The molecule has 0 radical (unpaired) electrons. The van der Waals surface area contributed by atoms with Crippen LogP contribution in [0.3, 0.4) is 0 Å². The van der Waals surface area contributed by atoms with E-state index < -0.39 is 0 Å². The summed E-state index contributed by atoms with van der Waals surface area (Å²) in [5, 5.41) is 6.75. The van der Waals surface area contributed by atoms with E-state index in [-0.39, 0.29) is 24.2 Å². The van der Waals surface area contributed by atoms with Gasteiger partial charge in [-0.2, -0.15) is 4.98 Å². The Balaban J connectivity index is 0.00000176. The summed E-state index contributed by atoms with van der Waals surface area (Å²) in [5.74, 6) is 2.57. The third-order valence-corrected chi connectivity index (χ3v) is 4.99. The molecule has 22 heavy (non-hydrogen) atoms. The number of aromatic nitrogens is 2. The molecular formula is C15H25ClN4O2. The van der Waals surface area contributed by atoms with E-state index in [2.05, 4.69) is 15.5 Å². The molecule has 7 heteroatoms. The van der Waals surface area contributed by atoms with Crippen LogP contribution in [0.4, 0.5) is 0 Å². The second kappa shape index (κ2) is 7.42. The predicted molar refractivity (Wildman–Crippen MR) is 84.5 cm³/mol. The molecule has 124 valence electrons. The number of carbonyl (C=O) groups is 1. The highest BCUT2D eigenvalue weighted by Crippen LogP contribution is 2.41. The summed E-state index contributed by atoms with van der Waals surface area (Å²) < 4.78 is 5.04. The molecule has 1 heterocycles. The van der Waals surface area contributed by atoms with Crippen molar-refractivity contribution in [3.63, 3.8) is 0 Å². The molecule has 2 fully saturated rings. The van der Waals surface area contributed by atoms with Gasteiger partial charge >= 0.3 is 0 Å². The van der Waals surface area contributed by atoms with Crippen LogP contribution in [0.2, 0.25) is 0 Å². The SMILES string of the molecule is Cc1noc(CCNC(=O)C2CC3CCCC(C2)C3N)n1.Cl. The van der Waals surface area contributed by atoms with Crippen LogP contribution in [-0.4, -0.2) is 28.6 Å². The molecule has 2 saturated carbocycles. The maximum Gasteiger partial charge on any atom is 0.228 e. The van der Waals surface area contributed by atoms with E-state index in [0.717, 1.165) is 12.8 Å². The minimum absolute atomic E-state index is 0. The molecule has 3 N–H and O–H groups in total. The van der Waals surface area contributed by atoms with E-state index in [4.69, 9.17) is 10.3 Å². The summed E-state index contributed by atoms with van der Waals surface area (Å²) in [6.07, 6.45) is 6.12. The van der Waals surface area contributed by atoms with Gasteiger partial charge in [-0.25, -0.2) is 0 Å². The molecule has 1 aromatic rings. The summed E-state index contributed by atoms with van der Waals surface area (Å²) in [6.45, 7) is 2.34. The molecule has 6 nitrogen and oxygen atoms in total. The zero-order chi connectivity index (χ0) is 14.8. The lowest BCUT2D eigenvalue weighted by atomic mass is 9.65. The van der Waals surface area contributed by atoms with Crippen molar-refractivity contribution in [2.24, 2.45) is 23.5 Å². The van der Waals surface area contributed by atoms with Gasteiger partial charge in [0.05, 0.1) is 0 Å². The van der Waals surface area contributed by atoms with Gasteiger partial charge in [-0.3, -0.25) is 4.79 Å². The molecule has 0 aliphatic heterocycles. The number of hydrogen-bond acceptors (Lipinski definition) is 5. The Kier molecular flexibility index (Phi) is 5.81. The lowest BCUT2D eigenvalue weighted by Crippen LogP contribution is -2.49. The quantitative estimate of drug-likeness (QED) is 0.875. The van der Waals surface area contributed by atoms with Crippen LogP contribution >= 0.6 is 12.4 Å². The molecule has 1 amide bonds. The Morgan fingerprint density at radius 3 is 2.64 bits per heavy atom. The van der Waals surface area contributed by atoms with Crippen LogP contribution in [0, 0.1) is 24.7 Å². The molecule has 2 bridgehead atoms. The average molecular weight is 329 g/mol. The molecule has 2 aliphatic rings. The molecule has 1 aromatic heterocycles. The number of aryl methyl sites for hydroxylation is 1. The van der Waals surface area contributed by atoms with E-state index in [0.29, 0.717) is 42.6 Å². The Labute approximate surface area is 137 Å². The first-order valence-electron chi connectivity index (χ1n) is 7.96. The molecule has 2 aliphatic carbocycles. The Hall–Kier alpha value is -1.14. The zero-order valence-electron chi connectivity index (χ0n) is 13.0. The van der Waals surface area contributed by atoms with E-state index >= 15 is 0 Å². The average Bonchev–Trinajstić information content (AvgIpc) is 2.84. The molecule has 3 rings (SSSR count). The van der Waals surface area contributed by atoms with Gasteiger partial charge < -0.3 is 15.6 Å². The van der Waals surface area contributed by atoms with Crippen LogP contribution in [-0.2, 0) is 11.2 Å². The van der Waals surface area contributed by atoms with E-state index in [1.165, 1.54) is 19.3 Å². The highest BCUT2D eigenvalue weighted by Gasteiger charge is 2.40. The largest absolute Gasteiger partial charge is 0.355 e. The fourth-order valence-electron chi connectivity index (χ4n) is 3.88. The molecule has 0 spiro atoms. The van der Waals surface area contributed by atoms with Crippen LogP contribution in [0.1, 0.15) is 43.8 Å². The zero-order valence-corrected chi connectivity index (χ0v) is 13.8. The van der Waals surface area contributed by atoms with Crippen molar-refractivity contribution < 1.29 is 9.32 Å². The van der Waals surface area contributed by atoms with Gasteiger partial charge in [0.15, 0.2) is 5.82 Å². The summed E-state index contributed by atoms with van der Waals surface area (Å²) in [5.41, 5.74) is 6.27. The van der Waals surface area contributed by atoms with Crippen molar-refractivity contribution in [1.82, 2.24) is 15.5 Å². The van der Waals surface area contributed by atoms with Gasteiger partial charge in [-0.1, -0.05) is 11.6 Å². The summed E-state index contributed by atoms with van der Waals surface area (Å²) in [7, 11) is 0. The number of nitrogens with two attached hydrogens (primary N) is 1. The van der Waals surface area contributed by atoms with E-state index in [1.807, 2.05) is 0 Å². The molecule has 0 aromatic carbocycles. The first-order chi connectivity index (χ1) is 10.1. The second-order valence-electron chi connectivity index (χ2n) is 6.47. The molecule has 2 unspecified atom stereocenters. The van der Waals surface area contributed by atoms with Gasteiger partial charge in [0.1, 0.15) is 0 Å². The predicted octanol–water partition coefficient (Wildman–Crippen LogP) is 1.61. The van der Waals surface area contributed by atoms with Crippen molar-refractivity contribution >= 4 is 18.3 Å². The van der Waals surface area contributed by atoms with Gasteiger partial charge in [0.2, 0.25) is 11.8 Å². The van der Waals surface area contributed by atoms with Crippen molar-refractivity contribution in [2.45, 2.75) is 51.5 Å². The van der Waals surface area contributed by atoms with Crippen LogP contribution < -0.4 is 11.1 Å². The van der Waals surface area contributed by atoms with Crippen molar-refractivity contribution in [3.8, 4) is 0 Å². The molecule has 0 saturated heterocycles. The number of nitrogens with zero attached hydrogens (tertiary/aromatic N) is 2. The standard InChI is InChI=1S/C15H24N4O2.ClH/c1-9-18-13(21-19-9)5-6-17-15(20)12-7-10-3-2-4-11(8-12)14(10)16;/h10-12,14H,2-8,16H2,1H3,(H,17,20);1H. The van der Waals surface area contributed by atoms with Crippen LogP contribution in [0.15, 0.2) is 4.52 Å². The number of halogens is 1. The van der Waals surface area contributed by atoms with E-state index in [9.17, 15) is 4.79 Å². The third-order valence-electron chi connectivity index (χ3n) is 4.99. The topological polar surface area (TPSA) is 94.0 Å². The van der Waals surface area contributed by atoms with Crippen molar-refractivity contribution in [1.29, 1.82) is 0 Å². The number of fused-ring (bicyclic) bond motifs is 2. The summed E-state index contributed by atoms with van der Waals surface area (Å²) >= 11 is 0. The van der Waals surface area contributed by atoms with Crippen LogP contribution in [0.5, 0.6) is 0 Å². The van der Waals surface area contributed by atoms with E-state index in [1.54, 1.807) is 6.92 Å². The summed E-state index contributed by atoms with van der Waals surface area (Å²) in [4.78, 5) is 16.4. The second-order valence-corrected chi connectivity index (χ2v) is 6.47. The van der Waals surface area contributed by atoms with Gasteiger partial charge in [-0.15, -0.1) is 12.4 Å². The summed E-state index contributed by atoms with van der Waals surface area (Å²) in [6, 6.07) is 0.309. The van der Waals surface area contributed by atoms with Gasteiger partial charge in [0, 0.05) is 24.9 Å². The number of amides is 1. The third kappa shape index (κ3) is 3.79. The Bertz CT molecular complexity index is 493. The minimum atomic E-state index is 0. The maximum absolute atomic E-state index is 12.3. The number of nitrogens with one attached hydrogen (secondary N) is 1. The first kappa shape index (κ1) is 17.2. The number of carbonyl (C=O) groups excluding carboxylic acids is 1. The Morgan fingerprint density at radius 1 is 1.36 bits per heavy atom. The minimum Gasteiger partial charge on any atom is -0.355 e. The molecular weight excluding hydrogens is 304 g/mol. The lowest BCUT2D eigenvalue weighted by Gasteiger charge is -2.43. The molecule has 2 atom stereocenters. The Morgan fingerprint density at radius 2 is 2.05 bits per heavy atom. The normalized spacial score (nSPS) is 30.5. The maximum atomic E-state index is 12.3. The smallest absolute Gasteiger partial charge is 0.228 e. The monoisotopic (exact) mass is 328 g/mol. The fraction of sp³-hybridized carbons (Fsp3) is 0.800. The number of rotatable bonds is 4.